The standard InChI is InChI=1S/C17H24ClN3O2/c1-12(19-10-17(5-7-22)6-8-23-11-17)16-20-14-9-13(18)3-4-15(14)21(16)2/h3-4,9,12,19,22H,5-8,10-11H2,1-2H3/t12-,17-/m0/s1. The summed E-state index contributed by atoms with van der Waals surface area (Å²) >= 11 is 6.06. The van der Waals surface area contributed by atoms with Gasteiger partial charge in [0.15, 0.2) is 0 Å². The van der Waals surface area contributed by atoms with Crippen LogP contribution in [0.5, 0.6) is 0 Å². The van der Waals surface area contributed by atoms with Crippen molar-refractivity contribution in [3.63, 3.8) is 0 Å². The summed E-state index contributed by atoms with van der Waals surface area (Å²) in [5.74, 6) is 0.986. The molecule has 5 nitrogen and oxygen atoms in total. The number of aliphatic hydroxyl groups excluding tert-OH is 1. The molecule has 1 aliphatic heterocycles. The summed E-state index contributed by atoms with van der Waals surface area (Å²) in [6, 6.07) is 5.89. The summed E-state index contributed by atoms with van der Waals surface area (Å²) in [7, 11) is 2.03. The van der Waals surface area contributed by atoms with Gasteiger partial charge in [-0.15, -0.1) is 0 Å². The Kier molecular flexibility index (Phi) is 4.92. The van der Waals surface area contributed by atoms with Crippen LogP contribution in [-0.4, -0.2) is 41.0 Å². The van der Waals surface area contributed by atoms with E-state index >= 15 is 0 Å². The van der Waals surface area contributed by atoms with Crippen molar-refractivity contribution in [3.05, 3.63) is 29.0 Å². The maximum Gasteiger partial charge on any atom is 0.126 e. The van der Waals surface area contributed by atoms with Gasteiger partial charge in [-0.3, -0.25) is 0 Å². The molecule has 23 heavy (non-hydrogen) atoms. The Morgan fingerprint density at radius 2 is 2.35 bits per heavy atom. The molecule has 0 saturated carbocycles. The molecule has 126 valence electrons. The van der Waals surface area contributed by atoms with Gasteiger partial charge in [0.05, 0.1) is 23.7 Å². The summed E-state index contributed by atoms with van der Waals surface area (Å²) in [6.07, 6.45) is 1.76. The molecular weight excluding hydrogens is 314 g/mol. The zero-order valence-corrected chi connectivity index (χ0v) is 14.4. The molecule has 0 radical (unpaired) electrons. The lowest BCUT2D eigenvalue weighted by atomic mass is 9.84. The molecule has 0 amide bonds. The second-order valence-electron chi connectivity index (χ2n) is 6.54. The first kappa shape index (κ1) is 16.7. The predicted octanol–water partition coefficient (Wildman–Crippen LogP) is 2.67. The van der Waals surface area contributed by atoms with Gasteiger partial charge >= 0.3 is 0 Å². The molecule has 2 aromatic rings. The molecule has 0 bridgehead atoms. The van der Waals surface area contributed by atoms with Crippen LogP contribution in [0, 0.1) is 5.41 Å². The number of ether oxygens (including phenoxy) is 1. The number of hydrogen-bond donors (Lipinski definition) is 2. The van der Waals surface area contributed by atoms with E-state index in [0.717, 1.165) is 42.9 Å². The molecule has 0 spiro atoms. The van der Waals surface area contributed by atoms with Crippen LogP contribution in [0.25, 0.3) is 11.0 Å². The molecule has 2 heterocycles. The molecule has 1 aliphatic rings. The lowest BCUT2D eigenvalue weighted by Gasteiger charge is -2.28. The Labute approximate surface area is 141 Å². The van der Waals surface area contributed by atoms with Gasteiger partial charge in [0.1, 0.15) is 5.82 Å². The summed E-state index contributed by atoms with van der Waals surface area (Å²) < 4.78 is 7.65. The fraction of sp³-hybridized carbons (Fsp3) is 0.588. The Morgan fingerprint density at radius 1 is 1.52 bits per heavy atom. The molecule has 3 rings (SSSR count). The fourth-order valence-corrected chi connectivity index (χ4v) is 3.52. The number of aromatic nitrogens is 2. The summed E-state index contributed by atoms with van der Waals surface area (Å²) in [5.41, 5.74) is 2.03. The maximum atomic E-state index is 9.33. The van der Waals surface area contributed by atoms with Crippen molar-refractivity contribution in [1.82, 2.24) is 14.9 Å². The van der Waals surface area contributed by atoms with E-state index < -0.39 is 0 Å². The van der Waals surface area contributed by atoms with E-state index in [1.165, 1.54) is 0 Å². The van der Waals surface area contributed by atoms with Crippen molar-refractivity contribution in [2.24, 2.45) is 12.5 Å². The molecule has 2 N–H and O–H groups in total. The van der Waals surface area contributed by atoms with Crippen LogP contribution in [0.3, 0.4) is 0 Å². The predicted molar refractivity (Wildman–Crippen MR) is 91.7 cm³/mol. The third-order valence-corrected chi connectivity index (χ3v) is 5.11. The number of aliphatic hydroxyl groups is 1. The molecule has 1 aromatic heterocycles. The fourth-order valence-electron chi connectivity index (χ4n) is 3.35. The Bertz CT molecular complexity index is 680. The first-order valence-corrected chi connectivity index (χ1v) is 8.46. The quantitative estimate of drug-likeness (QED) is 0.850. The van der Waals surface area contributed by atoms with Crippen molar-refractivity contribution in [2.75, 3.05) is 26.4 Å². The van der Waals surface area contributed by atoms with E-state index in [2.05, 4.69) is 16.8 Å². The highest BCUT2D eigenvalue weighted by Crippen LogP contribution is 2.32. The molecule has 1 saturated heterocycles. The maximum absolute atomic E-state index is 9.33. The molecule has 1 fully saturated rings. The van der Waals surface area contributed by atoms with Gasteiger partial charge in [-0.05, 0) is 38.0 Å². The van der Waals surface area contributed by atoms with E-state index in [0.29, 0.717) is 11.6 Å². The average Bonchev–Trinajstić information content (AvgIpc) is 3.11. The molecule has 0 unspecified atom stereocenters. The van der Waals surface area contributed by atoms with Crippen molar-refractivity contribution in [2.45, 2.75) is 25.8 Å². The summed E-state index contributed by atoms with van der Waals surface area (Å²) in [4.78, 5) is 4.72. The first-order valence-electron chi connectivity index (χ1n) is 8.08. The van der Waals surface area contributed by atoms with Crippen molar-refractivity contribution in [1.29, 1.82) is 0 Å². The number of imidazole rings is 1. The smallest absolute Gasteiger partial charge is 0.126 e. The molecule has 0 aliphatic carbocycles. The lowest BCUT2D eigenvalue weighted by Crippen LogP contribution is -2.37. The van der Waals surface area contributed by atoms with Crippen molar-refractivity contribution >= 4 is 22.6 Å². The number of nitrogens with one attached hydrogen (secondary N) is 1. The SMILES string of the molecule is C[C@H](NC[C@]1(CCO)CCOC1)c1nc2cc(Cl)ccc2n1C. The van der Waals surface area contributed by atoms with Gasteiger partial charge < -0.3 is 19.7 Å². The van der Waals surface area contributed by atoms with Crippen LogP contribution in [0.4, 0.5) is 0 Å². The van der Waals surface area contributed by atoms with Crippen LogP contribution < -0.4 is 5.32 Å². The van der Waals surface area contributed by atoms with Gasteiger partial charge in [0.2, 0.25) is 0 Å². The minimum absolute atomic E-state index is 0.0386. The van der Waals surface area contributed by atoms with Gasteiger partial charge in [0.25, 0.3) is 0 Å². The number of benzene rings is 1. The van der Waals surface area contributed by atoms with E-state index in [-0.39, 0.29) is 18.1 Å². The van der Waals surface area contributed by atoms with Gasteiger partial charge in [0, 0.05) is 37.2 Å². The number of halogens is 1. The number of aryl methyl sites for hydroxylation is 1. The largest absolute Gasteiger partial charge is 0.396 e. The van der Waals surface area contributed by atoms with Crippen LogP contribution in [0.15, 0.2) is 18.2 Å². The second-order valence-corrected chi connectivity index (χ2v) is 6.98. The first-order chi connectivity index (χ1) is 11.0. The summed E-state index contributed by atoms with van der Waals surface area (Å²) in [6.45, 7) is 4.63. The highest BCUT2D eigenvalue weighted by molar-refractivity contribution is 6.31. The van der Waals surface area contributed by atoms with Gasteiger partial charge in [-0.2, -0.15) is 0 Å². The highest BCUT2D eigenvalue weighted by atomic mass is 35.5. The number of rotatable bonds is 6. The average molecular weight is 338 g/mol. The van der Waals surface area contributed by atoms with Crippen molar-refractivity contribution < 1.29 is 9.84 Å². The van der Waals surface area contributed by atoms with Crippen LogP contribution in [0.2, 0.25) is 5.02 Å². The zero-order valence-electron chi connectivity index (χ0n) is 13.7. The highest BCUT2D eigenvalue weighted by Gasteiger charge is 2.34. The topological polar surface area (TPSA) is 59.3 Å². The Balaban J connectivity index is 1.75. The minimum Gasteiger partial charge on any atom is -0.396 e. The minimum atomic E-state index is 0.0386. The van der Waals surface area contributed by atoms with E-state index in [9.17, 15) is 5.11 Å². The normalized spacial score (nSPS) is 22.8. The van der Waals surface area contributed by atoms with Crippen molar-refractivity contribution in [3.8, 4) is 0 Å². The third kappa shape index (κ3) is 3.38. The lowest BCUT2D eigenvalue weighted by molar-refractivity contribution is 0.122. The van der Waals surface area contributed by atoms with Gasteiger partial charge in [-0.1, -0.05) is 11.6 Å². The second kappa shape index (κ2) is 6.77. The number of fused-ring (bicyclic) bond motifs is 1. The number of nitrogens with zero attached hydrogens (tertiary/aromatic N) is 2. The van der Waals surface area contributed by atoms with Crippen LogP contribution in [0.1, 0.15) is 31.6 Å². The monoisotopic (exact) mass is 337 g/mol. The zero-order chi connectivity index (χ0) is 16.4. The third-order valence-electron chi connectivity index (χ3n) is 4.88. The molecule has 6 heteroatoms. The number of hydrogen-bond acceptors (Lipinski definition) is 4. The Hall–Kier alpha value is -1.14. The van der Waals surface area contributed by atoms with E-state index in [4.69, 9.17) is 21.3 Å². The van der Waals surface area contributed by atoms with Gasteiger partial charge in [-0.25, -0.2) is 4.98 Å². The van der Waals surface area contributed by atoms with Crippen LogP contribution >= 0.6 is 11.6 Å². The van der Waals surface area contributed by atoms with E-state index in [1.54, 1.807) is 0 Å². The van der Waals surface area contributed by atoms with E-state index in [1.807, 2.05) is 25.2 Å². The molecule has 2 atom stereocenters. The summed E-state index contributed by atoms with van der Waals surface area (Å²) in [5, 5.41) is 13.6. The Morgan fingerprint density at radius 3 is 3.04 bits per heavy atom. The molecule has 1 aromatic carbocycles. The van der Waals surface area contributed by atoms with Crippen LogP contribution in [-0.2, 0) is 11.8 Å². The molecular formula is C17H24ClN3O2.